The molecular weight excluding hydrogens is 484 g/mol. The number of fused-ring (bicyclic) bond motifs is 2. The van der Waals surface area contributed by atoms with Crippen molar-refractivity contribution in [3.63, 3.8) is 0 Å². The summed E-state index contributed by atoms with van der Waals surface area (Å²) in [6.07, 6.45) is 1.88. The van der Waals surface area contributed by atoms with Crippen molar-refractivity contribution in [3.8, 4) is 11.5 Å². The van der Waals surface area contributed by atoms with Gasteiger partial charge in [0.25, 0.3) is 5.91 Å². The number of aliphatic hydroxyl groups excluding tert-OH is 1. The van der Waals surface area contributed by atoms with Gasteiger partial charge in [-0.1, -0.05) is 30.3 Å². The lowest BCUT2D eigenvalue weighted by Gasteiger charge is -2.26. The van der Waals surface area contributed by atoms with Crippen LogP contribution in [0.3, 0.4) is 0 Å². The summed E-state index contributed by atoms with van der Waals surface area (Å²) < 4.78 is 18.5. The number of hydrogen-bond donors (Lipinski definition) is 1. The number of ketones is 1. The first-order chi connectivity index (χ1) is 18.4. The molecule has 1 N–H and O–H groups in total. The fourth-order valence-corrected chi connectivity index (χ4v) is 5.17. The van der Waals surface area contributed by atoms with E-state index in [1.54, 1.807) is 55.6 Å². The molecule has 8 heteroatoms. The third kappa shape index (κ3) is 3.45. The second-order valence-electron chi connectivity index (χ2n) is 9.07. The maximum Gasteiger partial charge on any atom is 0.294 e. The Kier molecular flexibility index (Phi) is 5.45. The SMILES string of the molecule is COc1ccc(N2C(=O)C(O)=C(C(=O)c3cc4cccc(OC)c4o3)C2c2cn(C)c3ccccc23)cc1. The number of Topliss-reactive ketones (excluding diaryl/α,β-unsaturated/α-hetero) is 1. The van der Waals surface area contributed by atoms with Gasteiger partial charge in [0.1, 0.15) is 5.75 Å². The number of para-hydroxylation sites is 2. The highest BCUT2D eigenvalue weighted by atomic mass is 16.5. The fourth-order valence-electron chi connectivity index (χ4n) is 5.17. The van der Waals surface area contributed by atoms with Gasteiger partial charge in [0.15, 0.2) is 22.9 Å². The Balaban J connectivity index is 1.55. The highest BCUT2D eigenvalue weighted by Gasteiger charge is 2.46. The molecule has 3 heterocycles. The molecule has 1 aliphatic rings. The van der Waals surface area contributed by atoms with Crippen molar-refractivity contribution in [1.82, 2.24) is 4.57 Å². The zero-order valence-electron chi connectivity index (χ0n) is 21.0. The molecule has 5 aromatic rings. The van der Waals surface area contributed by atoms with Crippen molar-refractivity contribution in [3.05, 3.63) is 102 Å². The minimum Gasteiger partial charge on any atom is -0.503 e. The number of aryl methyl sites for hydroxylation is 1. The number of aromatic nitrogens is 1. The van der Waals surface area contributed by atoms with Crippen molar-refractivity contribution in [2.24, 2.45) is 7.05 Å². The Labute approximate surface area is 217 Å². The second kappa shape index (κ2) is 8.85. The summed E-state index contributed by atoms with van der Waals surface area (Å²) in [6, 6.07) is 20.7. The van der Waals surface area contributed by atoms with Crippen LogP contribution in [-0.4, -0.2) is 35.6 Å². The quantitative estimate of drug-likeness (QED) is 0.295. The number of aliphatic hydroxyl groups is 1. The van der Waals surface area contributed by atoms with E-state index in [-0.39, 0.29) is 11.3 Å². The molecule has 0 spiro atoms. The van der Waals surface area contributed by atoms with Gasteiger partial charge < -0.3 is 23.6 Å². The highest BCUT2D eigenvalue weighted by Crippen LogP contribution is 2.45. The van der Waals surface area contributed by atoms with Gasteiger partial charge in [-0.15, -0.1) is 0 Å². The average molecular weight is 509 g/mol. The predicted molar refractivity (Wildman–Crippen MR) is 143 cm³/mol. The van der Waals surface area contributed by atoms with Gasteiger partial charge in [-0.05, 0) is 42.5 Å². The van der Waals surface area contributed by atoms with Crippen LogP contribution in [-0.2, 0) is 11.8 Å². The van der Waals surface area contributed by atoms with Crippen molar-refractivity contribution < 1.29 is 28.6 Å². The van der Waals surface area contributed by atoms with Gasteiger partial charge in [-0.3, -0.25) is 14.5 Å². The standard InChI is InChI=1S/C30H24N2O6/c1-31-16-21(20-8-4-5-9-22(20)31)26-25(27(33)24-15-17-7-6-10-23(37-3)29(17)38-24)28(34)30(35)32(26)18-11-13-19(36-2)14-12-18/h4-16,26,34H,1-3H3. The monoisotopic (exact) mass is 508 g/mol. The molecule has 1 unspecified atom stereocenters. The molecule has 2 aromatic heterocycles. The van der Waals surface area contributed by atoms with Gasteiger partial charge in [-0.2, -0.15) is 0 Å². The normalized spacial score (nSPS) is 15.6. The van der Waals surface area contributed by atoms with Crippen LogP contribution in [0.15, 0.2) is 94.7 Å². The highest BCUT2D eigenvalue weighted by molar-refractivity contribution is 6.21. The lowest BCUT2D eigenvalue weighted by Crippen LogP contribution is -2.31. The molecule has 0 aliphatic carbocycles. The third-order valence-corrected chi connectivity index (χ3v) is 6.98. The molecular formula is C30H24N2O6. The first-order valence-electron chi connectivity index (χ1n) is 12.0. The smallest absolute Gasteiger partial charge is 0.294 e. The number of benzene rings is 3. The Hall–Kier alpha value is -4.98. The van der Waals surface area contributed by atoms with Crippen molar-refractivity contribution >= 4 is 39.2 Å². The van der Waals surface area contributed by atoms with Crippen LogP contribution in [0.4, 0.5) is 5.69 Å². The molecule has 3 aromatic carbocycles. The topological polar surface area (TPSA) is 94.1 Å². The number of carbonyl (C=O) groups excluding carboxylic acids is 2. The van der Waals surface area contributed by atoms with Crippen LogP contribution < -0.4 is 14.4 Å². The number of hydrogen-bond acceptors (Lipinski definition) is 6. The van der Waals surface area contributed by atoms with E-state index in [1.165, 1.54) is 12.0 Å². The van der Waals surface area contributed by atoms with E-state index in [0.29, 0.717) is 33.7 Å². The molecule has 0 radical (unpaired) electrons. The number of anilines is 1. The zero-order chi connectivity index (χ0) is 26.6. The molecule has 6 rings (SSSR count). The molecule has 8 nitrogen and oxygen atoms in total. The second-order valence-corrected chi connectivity index (χ2v) is 9.07. The summed E-state index contributed by atoms with van der Waals surface area (Å²) in [4.78, 5) is 29.0. The summed E-state index contributed by atoms with van der Waals surface area (Å²) in [5, 5.41) is 12.7. The number of methoxy groups -OCH3 is 2. The van der Waals surface area contributed by atoms with Gasteiger partial charge in [-0.25, -0.2) is 0 Å². The molecule has 0 saturated carbocycles. The van der Waals surface area contributed by atoms with Crippen molar-refractivity contribution in [2.75, 3.05) is 19.1 Å². The lowest BCUT2D eigenvalue weighted by molar-refractivity contribution is -0.117. The van der Waals surface area contributed by atoms with E-state index in [2.05, 4.69) is 0 Å². The molecule has 0 saturated heterocycles. The predicted octanol–water partition coefficient (Wildman–Crippen LogP) is 5.72. The largest absolute Gasteiger partial charge is 0.503 e. The van der Waals surface area contributed by atoms with E-state index in [1.807, 2.05) is 42.1 Å². The molecule has 0 fully saturated rings. The minimum atomic E-state index is -0.899. The van der Waals surface area contributed by atoms with Crippen molar-refractivity contribution in [2.45, 2.75) is 6.04 Å². The Bertz CT molecular complexity index is 1760. The van der Waals surface area contributed by atoms with E-state index in [4.69, 9.17) is 13.9 Å². The van der Waals surface area contributed by atoms with Gasteiger partial charge >= 0.3 is 0 Å². The van der Waals surface area contributed by atoms with E-state index < -0.39 is 23.5 Å². The summed E-state index contributed by atoms with van der Waals surface area (Å²) in [7, 11) is 4.98. The fraction of sp³-hybridized carbons (Fsp3) is 0.133. The number of ether oxygens (including phenoxy) is 2. The maximum atomic E-state index is 14.0. The average Bonchev–Trinajstić information content (AvgIpc) is 3.61. The maximum absolute atomic E-state index is 14.0. The molecule has 38 heavy (non-hydrogen) atoms. The van der Waals surface area contributed by atoms with Crippen LogP contribution in [0.2, 0.25) is 0 Å². The number of carbonyl (C=O) groups is 2. The molecule has 1 atom stereocenters. The number of amides is 1. The van der Waals surface area contributed by atoms with E-state index in [9.17, 15) is 14.7 Å². The summed E-state index contributed by atoms with van der Waals surface area (Å²) in [5.74, 6) is -0.774. The van der Waals surface area contributed by atoms with Crippen LogP contribution in [0.25, 0.3) is 21.9 Å². The van der Waals surface area contributed by atoms with Crippen LogP contribution >= 0.6 is 0 Å². The summed E-state index contributed by atoms with van der Waals surface area (Å²) >= 11 is 0. The number of nitrogens with zero attached hydrogens (tertiary/aromatic N) is 2. The third-order valence-electron chi connectivity index (χ3n) is 6.98. The first-order valence-corrected chi connectivity index (χ1v) is 12.0. The summed E-state index contributed by atoms with van der Waals surface area (Å²) in [5.41, 5.74) is 2.50. The summed E-state index contributed by atoms with van der Waals surface area (Å²) in [6.45, 7) is 0. The lowest BCUT2D eigenvalue weighted by atomic mass is 9.94. The van der Waals surface area contributed by atoms with Gasteiger partial charge in [0.05, 0.1) is 25.8 Å². The van der Waals surface area contributed by atoms with Gasteiger partial charge in [0.2, 0.25) is 5.78 Å². The number of furan rings is 1. The minimum absolute atomic E-state index is 0.000618. The number of rotatable bonds is 6. The molecule has 190 valence electrons. The van der Waals surface area contributed by atoms with Gasteiger partial charge in [0, 0.05) is 40.8 Å². The molecule has 1 aliphatic heterocycles. The zero-order valence-corrected chi connectivity index (χ0v) is 21.0. The van der Waals surface area contributed by atoms with Crippen molar-refractivity contribution in [1.29, 1.82) is 0 Å². The van der Waals surface area contributed by atoms with Crippen LogP contribution in [0.1, 0.15) is 22.2 Å². The van der Waals surface area contributed by atoms with Crippen LogP contribution in [0, 0.1) is 0 Å². The van der Waals surface area contributed by atoms with E-state index >= 15 is 0 Å². The molecule has 1 amide bonds. The van der Waals surface area contributed by atoms with E-state index in [0.717, 1.165) is 10.9 Å². The first kappa shape index (κ1) is 23.4. The van der Waals surface area contributed by atoms with Crippen LogP contribution in [0.5, 0.6) is 11.5 Å². The Morgan fingerprint density at radius 1 is 0.974 bits per heavy atom. The molecule has 0 bridgehead atoms. The Morgan fingerprint density at radius 3 is 2.47 bits per heavy atom. The Morgan fingerprint density at radius 2 is 1.74 bits per heavy atom.